The first kappa shape index (κ1) is 14.4. The van der Waals surface area contributed by atoms with E-state index in [2.05, 4.69) is 37.7 Å². The van der Waals surface area contributed by atoms with E-state index in [0.29, 0.717) is 43.6 Å². The highest BCUT2D eigenvalue weighted by atomic mass is 16.5. The molecule has 4 atom stereocenters. The fourth-order valence-corrected chi connectivity index (χ4v) is 2.33. The van der Waals surface area contributed by atoms with Gasteiger partial charge >= 0.3 is 0 Å². The average Bonchev–Trinajstić information content (AvgIpc) is 3.07. The quantitative estimate of drug-likeness (QED) is 0.741. The van der Waals surface area contributed by atoms with E-state index in [0.717, 1.165) is 24.6 Å². The molecule has 19 heavy (non-hydrogen) atoms. The zero-order valence-corrected chi connectivity index (χ0v) is 12.6. The molecule has 0 fully saturated rings. The highest BCUT2D eigenvalue weighted by molar-refractivity contribution is 5.98. The van der Waals surface area contributed by atoms with Crippen molar-refractivity contribution in [3.05, 3.63) is 0 Å². The molecule has 0 aromatic heterocycles. The fraction of sp³-hybridized carbons (Fsp3) is 0.867. The molecule has 2 aliphatic rings. The topological polar surface area (TPSA) is 43.2 Å². The van der Waals surface area contributed by atoms with Gasteiger partial charge in [-0.05, 0) is 11.8 Å². The molecule has 0 aromatic rings. The highest BCUT2D eigenvalue weighted by Crippen LogP contribution is 2.21. The molecule has 0 spiro atoms. The molecule has 0 N–H and O–H groups in total. The Morgan fingerprint density at radius 2 is 1.37 bits per heavy atom. The van der Waals surface area contributed by atoms with Crippen LogP contribution in [0, 0.1) is 11.8 Å². The third-order valence-corrected chi connectivity index (χ3v) is 4.37. The Labute approximate surface area is 116 Å². The Bertz CT molecular complexity index is 331. The van der Waals surface area contributed by atoms with Crippen molar-refractivity contribution >= 4 is 11.8 Å². The van der Waals surface area contributed by atoms with Crippen molar-refractivity contribution in [3.8, 4) is 0 Å². The Hall–Kier alpha value is -1.06. The van der Waals surface area contributed by atoms with E-state index in [1.165, 1.54) is 0 Å². The van der Waals surface area contributed by atoms with Crippen LogP contribution < -0.4 is 0 Å². The summed E-state index contributed by atoms with van der Waals surface area (Å²) in [6.07, 6.45) is 2.90. The summed E-state index contributed by atoms with van der Waals surface area (Å²) in [5, 5.41) is 0. The Morgan fingerprint density at radius 1 is 0.947 bits per heavy atom. The van der Waals surface area contributed by atoms with Crippen LogP contribution in [0.4, 0.5) is 0 Å². The molecule has 0 saturated carbocycles. The molecule has 0 radical (unpaired) electrons. The largest absolute Gasteiger partial charge is 0.478 e. The SMILES string of the molecule is CC[C@H](C)[C@H]1COC(CC2=N[C@@H]([C@@H](C)CC)CO2)=N1. The molecule has 0 unspecified atom stereocenters. The minimum absolute atomic E-state index is 0.312. The fourth-order valence-electron chi connectivity index (χ4n) is 2.33. The van der Waals surface area contributed by atoms with Crippen LogP contribution in [0.15, 0.2) is 9.98 Å². The Balaban J connectivity index is 1.89. The Kier molecular flexibility index (Phi) is 4.83. The van der Waals surface area contributed by atoms with Gasteiger partial charge in [0.1, 0.15) is 13.2 Å². The minimum Gasteiger partial charge on any atom is -0.478 e. The van der Waals surface area contributed by atoms with Crippen molar-refractivity contribution < 1.29 is 9.47 Å². The lowest BCUT2D eigenvalue weighted by atomic mass is 10.0. The number of hydrogen-bond donors (Lipinski definition) is 0. The first-order chi connectivity index (χ1) is 9.13. The number of ether oxygens (including phenoxy) is 2. The molecule has 0 aliphatic carbocycles. The van der Waals surface area contributed by atoms with Crippen molar-refractivity contribution in [3.63, 3.8) is 0 Å². The van der Waals surface area contributed by atoms with Gasteiger partial charge in [-0.1, -0.05) is 40.5 Å². The first-order valence-electron chi connectivity index (χ1n) is 7.52. The number of nitrogens with zero attached hydrogens (tertiary/aromatic N) is 2. The van der Waals surface area contributed by atoms with Crippen LogP contribution in [0.3, 0.4) is 0 Å². The molecule has 0 saturated heterocycles. The summed E-state index contributed by atoms with van der Waals surface area (Å²) in [5.74, 6) is 2.76. The maximum atomic E-state index is 5.66. The lowest BCUT2D eigenvalue weighted by molar-refractivity contribution is 0.269. The van der Waals surface area contributed by atoms with E-state index in [-0.39, 0.29) is 0 Å². The zero-order chi connectivity index (χ0) is 13.8. The van der Waals surface area contributed by atoms with Gasteiger partial charge in [0.05, 0.1) is 18.5 Å². The van der Waals surface area contributed by atoms with Gasteiger partial charge in [-0.2, -0.15) is 0 Å². The second-order valence-electron chi connectivity index (χ2n) is 5.75. The predicted octanol–water partition coefficient (Wildman–Crippen LogP) is 3.06. The Morgan fingerprint density at radius 3 is 1.74 bits per heavy atom. The highest BCUT2D eigenvalue weighted by Gasteiger charge is 2.28. The van der Waals surface area contributed by atoms with E-state index < -0.39 is 0 Å². The van der Waals surface area contributed by atoms with Gasteiger partial charge in [-0.15, -0.1) is 0 Å². The summed E-state index contributed by atoms with van der Waals surface area (Å²) in [6.45, 7) is 10.3. The molecule has 0 bridgehead atoms. The number of rotatable bonds is 6. The molecule has 2 heterocycles. The van der Waals surface area contributed by atoms with Crippen LogP contribution in [-0.2, 0) is 9.47 Å². The van der Waals surface area contributed by atoms with Crippen molar-refractivity contribution in [1.29, 1.82) is 0 Å². The van der Waals surface area contributed by atoms with E-state index in [9.17, 15) is 0 Å². The van der Waals surface area contributed by atoms with E-state index in [1.54, 1.807) is 0 Å². The molecule has 108 valence electrons. The first-order valence-corrected chi connectivity index (χ1v) is 7.52. The maximum absolute atomic E-state index is 5.66. The average molecular weight is 266 g/mol. The summed E-state index contributed by atoms with van der Waals surface area (Å²) in [4.78, 5) is 9.29. The van der Waals surface area contributed by atoms with Gasteiger partial charge in [-0.3, -0.25) is 0 Å². The zero-order valence-electron chi connectivity index (χ0n) is 12.6. The van der Waals surface area contributed by atoms with E-state index in [1.807, 2.05) is 0 Å². The smallest absolute Gasteiger partial charge is 0.193 e. The summed E-state index contributed by atoms with van der Waals surface area (Å²) < 4.78 is 11.3. The van der Waals surface area contributed by atoms with Crippen molar-refractivity contribution in [2.75, 3.05) is 13.2 Å². The van der Waals surface area contributed by atoms with Crippen LogP contribution in [0.5, 0.6) is 0 Å². The van der Waals surface area contributed by atoms with Gasteiger partial charge in [0.25, 0.3) is 0 Å². The van der Waals surface area contributed by atoms with Gasteiger partial charge in [0, 0.05) is 0 Å². The molecule has 4 nitrogen and oxygen atoms in total. The second kappa shape index (κ2) is 6.40. The van der Waals surface area contributed by atoms with Crippen LogP contribution in [0.2, 0.25) is 0 Å². The third kappa shape index (κ3) is 3.48. The minimum atomic E-state index is 0.312. The monoisotopic (exact) mass is 266 g/mol. The van der Waals surface area contributed by atoms with Gasteiger partial charge in [0.15, 0.2) is 11.8 Å². The molecule has 0 amide bonds. The van der Waals surface area contributed by atoms with Crippen molar-refractivity contribution in [2.24, 2.45) is 21.8 Å². The van der Waals surface area contributed by atoms with Crippen LogP contribution in [0.1, 0.15) is 47.0 Å². The van der Waals surface area contributed by atoms with Crippen LogP contribution in [0.25, 0.3) is 0 Å². The second-order valence-corrected chi connectivity index (χ2v) is 5.75. The molecule has 4 heteroatoms. The predicted molar refractivity (Wildman–Crippen MR) is 77.9 cm³/mol. The molecular weight excluding hydrogens is 240 g/mol. The summed E-state index contributed by atoms with van der Waals surface area (Å²) in [5.41, 5.74) is 0. The van der Waals surface area contributed by atoms with Crippen molar-refractivity contribution in [2.45, 2.75) is 59.0 Å². The van der Waals surface area contributed by atoms with E-state index in [4.69, 9.17) is 9.47 Å². The van der Waals surface area contributed by atoms with Crippen LogP contribution in [-0.4, -0.2) is 37.1 Å². The third-order valence-electron chi connectivity index (χ3n) is 4.37. The van der Waals surface area contributed by atoms with Gasteiger partial charge < -0.3 is 9.47 Å². The molecule has 0 aromatic carbocycles. The normalized spacial score (nSPS) is 29.3. The van der Waals surface area contributed by atoms with Crippen molar-refractivity contribution in [1.82, 2.24) is 0 Å². The lowest BCUT2D eigenvalue weighted by Crippen LogP contribution is -2.16. The number of aliphatic imine (C=N–C) groups is 2. The van der Waals surface area contributed by atoms with Gasteiger partial charge in [0.2, 0.25) is 0 Å². The molecule has 2 aliphatic heterocycles. The summed E-state index contributed by atoms with van der Waals surface area (Å²) in [6, 6.07) is 0.625. The van der Waals surface area contributed by atoms with Gasteiger partial charge in [-0.25, -0.2) is 9.98 Å². The molecular formula is C15H26N2O2. The standard InChI is InChI=1S/C15H26N2O2/c1-5-10(3)12-8-18-14(16-12)7-15-17-13(9-19-15)11(4)6-2/h10-13H,5-9H2,1-4H3/t10-,11-,12+,13+/m0/s1. The summed E-state index contributed by atoms with van der Waals surface area (Å²) in [7, 11) is 0. The summed E-state index contributed by atoms with van der Waals surface area (Å²) >= 11 is 0. The van der Waals surface area contributed by atoms with Crippen LogP contribution >= 0.6 is 0 Å². The maximum Gasteiger partial charge on any atom is 0.193 e. The molecule has 2 rings (SSSR count). The lowest BCUT2D eigenvalue weighted by Gasteiger charge is -2.11. The number of hydrogen-bond acceptors (Lipinski definition) is 4. The van der Waals surface area contributed by atoms with E-state index >= 15 is 0 Å².